The molecular weight excluding hydrogens is 343 g/mol. The molecule has 1 saturated heterocycles. The van der Waals surface area contributed by atoms with Crippen molar-refractivity contribution in [2.75, 3.05) is 17.8 Å². The molecule has 132 valence electrons. The monoisotopic (exact) mass is 362 g/mol. The Bertz CT molecular complexity index is 889. The summed E-state index contributed by atoms with van der Waals surface area (Å²) in [6, 6.07) is 10.1. The molecule has 0 aliphatic carbocycles. The summed E-state index contributed by atoms with van der Waals surface area (Å²) in [7, 11) is -3.81. The van der Waals surface area contributed by atoms with Crippen LogP contribution in [-0.2, 0) is 10.0 Å². The second-order valence-corrected chi connectivity index (χ2v) is 7.79. The third-order valence-corrected chi connectivity index (χ3v) is 5.57. The summed E-state index contributed by atoms with van der Waals surface area (Å²) in [5, 5.41) is 0. The molecule has 25 heavy (non-hydrogen) atoms. The molecule has 0 saturated carbocycles. The average molecular weight is 362 g/mol. The zero-order valence-corrected chi connectivity index (χ0v) is 14.6. The molecule has 5 nitrogen and oxygen atoms in total. The van der Waals surface area contributed by atoms with Gasteiger partial charge in [0, 0.05) is 13.1 Å². The minimum Gasteiger partial charge on any atom is -0.339 e. The van der Waals surface area contributed by atoms with Crippen molar-refractivity contribution in [1.29, 1.82) is 0 Å². The van der Waals surface area contributed by atoms with Crippen molar-refractivity contribution in [2.45, 2.75) is 24.7 Å². The zero-order chi connectivity index (χ0) is 18.0. The maximum Gasteiger partial charge on any atom is 0.261 e. The first kappa shape index (κ1) is 17.4. The van der Waals surface area contributed by atoms with Crippen LogP contribution in [0.1, 0.15) is 28.8 Å². The van der Waals surface area contributed by atoms with Crippen molar-refractivity contribution in [2.24, 2.45) is 0 Å². The average Bonchev–Trinajstić information content (AvgIpc) is 3.09. The van der Waals surface area contributed by atoms with E-state index in [1.54, 1.807) is 17.0 Å². The molecule has 1 heterocycles. The fourth-order valence-electron chi connectivity index (χ4n) is 2.77. The molecule has 1 aliphatic rings. The predicted octanol–water partition coefficient (Wildman–Crippen LogP) is 3.17. The number of nitrogens with one attached hydrogen (secondary N) is 1. The van der Waals surface area contributed by atoms with Gasteiger partial charge in [-0.3, -0.25) is 9.52 Å². The second kappa shape index (κ2) is 6.84. The fourth-order valence-corrected chi connectivity index (χ4v) is 3.82. The highest BCUT2D eigenvalue weighted by Crippen LogP contribution is 2.21. The van der Waals surface area contributed by atoms with E-state index in [0.29, 0.717) is 13.1 Å². The number of benzene rings is 2. The number of carbonyl (C=O) groups is 1. The Morgan fingerprint density at radius 1 is 1.08 bits per heavy atom. The number of anilines is 1. The second-order valence-electron chi connectivity index (χ2n) is 6.11. The van der Waals surface area contributed by atoms with Gasteiger partial charge in [0.05, 0.1) is 16.1 Å². The quantitative estimate of drug-likeness (QED) is 0.908. The molecule has 0 bridgehead atoms. The Labute approximate surface area is 146 Å². The van der Waals surface area contributed by atoms with Crippen LogP contribution in [0.5, 0.6) is 0 Å². The third-order valence-electron chi connectivity index (χ3n) is 4.18. The molecular formula is C18H19FN2O3S. The van der Waals surface area contributed by atoms with Crippen LogP contribution in [0.25, 0.3) is 0 Å². The molecule has 0 radical (unpaired) electrons. The molecule has 0 aromatic heterocycles. The lowest BCUT2D eigenvalue weighted by atomic mass is 10.1. The van der Waals surface area contributed by atoms with E-state index < -0.39 is 15.8 Å². The van der Waals surface area contributed by atoms with Gasteiger partial charge in [0.25, 0.3) is 15.9 Å². The number of hydrogen-bond acceptors (Lipinski definition) is 3. The number of sulfonamides is 1. The van der Waals surface area contributed by atoms with Gasteiger partial charge >= 0.3 is 0 Å². The van der Waals surface area contributed by atoms with Crippen molar-refractivity contribution >= 4 is 21.6 Å². The van der Waals surface area contributed by atoms with Gasteiger partial charge in [-0.2, -0.15) is 0 Å². The van der Waals surface area contributed by atoms with Gasteiger partial charge < -0.3 is 4.90 Å². The van der Waals surface area contributed by atoms with Crippen LogP contribution >= 0.6 is 0 Å². The van der Waals surface area contributed by atoms with Gasteiger partial charge in [-0.15, -0.1) is 0 Å². The van der Waals surface area contributed by atoms with Crippen LogP contribution in [-0.4, -0.2) is 32.3 Å². The van der Waals surface area contributed by atoms with Crippen LogP contribution in [0, 0.1) is 12.7 Å². The summed E-state index contributed by atoms with van der Waals surface area (Å²) < 4.78 is 41.3. The van der Waals surface area contributed by atoms with Crippen molar-refractivity contribution in [3.63, 3.8) is 0 Å². The van der Waals surface area contributed by atoms with E-state index in [2.05, 4.69) is 4.72 Å². The van der Waals surface area contributed by atoms with Crippen molar-refractivity contribution in [3.05, 3.63) is 59.4 Å². The number of hydrogen-bond donors (Lipinski definition) is 1. The Kier molecular flexibility index (Phi) is 4.76. The largest absolute Gasteiger partial charge is 0.339 e. The van der Waals surface area contributed by atoms with E-state index in [9.17, 15) is 17.6 Å². The summed E-state index contributed by atoms with van der Waals surface area (Å²) in [4.78, 5) is 14.0. The maximum absolute atomic E-state index is 14.3. The highest BCUT2D eigenvalue weighted by Gasteiger charge is 2.23. The van der Waals surface area contributed by atoms with E-state index in [0.717, 1.165) is 24.5 Å². The molecule has 7 heteroatoms. The SMILES string of the molecule is Cc1ccc(S(=O)(=O)Nc2ccc(C(=O)N3CCCC3)c(F)c2)cc1. The Morgan fingerprint density at radius 3 is 2.32 bits per heavy atom. The van der Waals surface area contributed by atoms with E-state index >= 15 is 0 Å². The van der Waals surface area contributed by atoms with E-state index in [1.807, 2.05) is 6.92 Å². The van der Waals surface area contributed by atoms with Crippen LogP contribution < -0.4 is 4.72 Å². The minimum atomic E-state index is -3.81. The molecule has 3 rings (SSSR count). The number of rotatable bonds is 4. The number of nitrogens with zero attached hydrogens (tertiary/aromatic N) is 1. The molecule has 1 amide bonds. The first-order valence-corrected chi connectivity index (χ1v) is 9.53. The lowest BCUT2D eigenvalue weighted by molar-refractivity contribution is 0.0788. The smallest absolute Gasteiger partial charge is 0.261 e. The maximum atomic E-state index is 14.3. The standard InChI is InChI=1S/C18H19FN2O3S/c1-13-4-7-15(8-5-13)25(23,24)20-14-6-9-16(17(19)12-14)18(22)21-10-2-3-11-21/h4-9,12,20H,2-3,10-11H2,1H3. The topological polar surface area (TPSA) is 66.5 Å². The molecule has 1 N–H and O–H groups in total. The molecule has 0 spiro atoms. The van der Waals surface area contributed by atoms with Crippen LogP contribution in [0.4, 0.5) is 10.1 Å². The number of likely N-dealkylation sites (tertiary alicyclic amines) is 1. The molecule has 2 aromatic carbocycles. The summed E-state index contributed by atoms with van der Waals surface area (Å²) >= 11 is 0. The number of aryl methyl sites for hydroxylation is 1. The highest BCUT2D eigenvalue weighted by atomic mass is 32.2. The van der Waals surface area contributed by atoms with Gasteiger partial charge in [0.2, 0.25) is 0 Å². The van der Waals surface area contributed by atoms with E-state index in [-0.39, 0.29) is 22.1 Å². The molecule has 2 aromatic rings. The van der Waals surface area contributed by atoms with Gasteiger partial charge in [0.15, 0.2) is 0 Å². The minimum absolute atomic E-state index is 0.0415. The van der Waals surface area contributed by atoms with Crippen LogP contribution in [0.15, 0.2) is 47.4 Å². The Morgan fingerprint density at radius 2 is 1.72 bits per heavy atom. The lowest BCUT2D eigenvalue weighted by Gasteiger charge is -2.16. The van der Waals surface area contributed by atoms with E-state index in [1.165, 1.54) is 24.3 Å². The van der Waals surface area contributed by atoms with Crippen molar-refractivity contribution in [1.82, 2.24) is 4.90 Å². The molecule has 1 fully saturated rings. The fraction of sp³-hybridized carbons (Fsp3) is 0.278. The first-order chi connectivity index (χ1) is 11.9. The Balaban J connectivity index is 1.80. The molecule has 1 aliphatic heterocycles. The van der Waals surface area contributed by atoms with Crippen molar-refractivity contribution < 1.29 is 17.6 Å². The molecule has 0 atom stereocenters. The zero-order valence-electron chi connectivity index (χ0n) is 13.8. The van der Waals surface area contributed by atoms with Gasteiger partial charge in [-0.1, -0.05) is 17.7 Å². The van der Waals surface area contributed by atoms with Crippen LogP contribution in [0.2, 0.25) is 0 Å². The number of carbonyl (C=O) groups excluding carboxylic acids is 1. The highest BCUT2D eigenvalue weighted by molar-refractivity contribution is 7.92. The predicted molar refractivity (Wildman–Crippen MR) is 93.5 cm³/mol. The first-order valence-electron chi connectivity index (χ1n) is 8.05. The Hall–Kier alpha value is -2.41. The molecule has 0 unspecified atom stereocenters. The summed E-state index contributed by atoms with van der Waals surface area (Å²) in [5.41, 5.74) is 0.978. The summed E-state index contributed by atoms with van der Waals surface area (Å²) in [6.07, 6.45) is 1.84. The third kappa shape index (κ3) is 3.82. The lowest BCUT2D eigenvalue weighted by Crippen LogP contribution is -2.28. The van der Waals surface area contributed by atoms with Crippen molar-refractivity contribution in [3.8, 4) is 0 Å². The number of amides is 1. The van der Waals surface area contributed by atoms with Crippen LogP contribution in [0.3, 0.4) is 0 Å². The number of halogens is 1. The summed E-state index contributed by atoms with van der Waals surface area (Å²) in [5.74, 6) is -1.09. The normalized spacial score (nSPS) is 14.6. The summed E-state index contributed by atoms with van der Waals surface area (Å²) in [6.45, 7) is 3.11. The van der Waals surface area contributed by atoms with Gasteiger partial charge in [0.1, 0.15) is 5.82 Å². The van der Waals surface area contributed by atoms with E-state index in [4.69, 9.17) is 0 Å². The van der Waals surface area contributed by atoms with Gasteiger partial charge in [-0.25, -0.2) is 12.8 Å². The van der Waals surface area contributed by atoms with Gasteiger partial charge in [-0.05, 0) is 50.1 Å².